The van der Waals surface area contributed by atoms with E-state index in [1.54, 1.807) is 29.8 Å². The zero-order valence-corrected chi connectivity index (χ0v) is 15.4. The molecule has 0 aliphatic rings. The minimum Gasteiger partial charge on any atom is -0.322 e. The fourth-order valence-electron chi connectivity index (χ4n) is 2.60. The van der Waals surface area contributed by atoms with Crippen LogP contribution in [0.25, 0.3) is 0 Å². The van der Waals surface area contributed by atoms with Crippen molar-refractivity contribution in [3.05, 3.63) is 81.1 Å². The molecular weight excluding hydrogens is 357 g/mol. The molecule has 128 valence electrons. The Hall–Kier alpha value is -2.30. The highest BCUT2D eigenvalue weighted by Gasteiger charge is 2.21. The minimum atomic E-state index is -0.299. The molecule has 0 spiro atoms. The number of nitrogens with one attached hydrogen (secondary N) is 1. The maximum atomic E-state index is 12.7. The van der Waals surface area contributed by atoms with Gasteiger partial charge >= 0.3 is 0 Å². The smallest absolute Gasteiger partial charge is 0.260 e. The molecule has 0 aliphatic carbocycles. The van der Waals surface area contributed by atoms with Crippen LogP contribution in [0.3, 0.4) is 0 Å². The summed E-state index contributed by atoms with van der Waals surface area (Å²) in [6.45, 7) is 4.13. The largest absolute Gasteiger partial charge is 0.322 e. The summed E-state index contributed by atoms with van der Waals surface area (Å²) in [6, 6.07) is 15.2. The number of nitrogens with zero attached hydrogens (tertiary/aromatic N) is 2. The first-order valence-electron chi connectivity index (χ1n) is 7.80. The third-order valence-corrected chi connectivity index (χ3v) is 4.78. The maximum absolute atomic E-state index is 12.7. The molecule has 6 heteroatoms. The Morgan fingerprint density at radius 2 is 1.80 bits per heavy atom. The van der Waals surface area contributed by atoms with Crippen molar-refractivity contribution in [1.82, 2.24) is 9.78 Å². The van der Waals surface area contributed by atoms with E-state index < -0.39 is 0 Å². The molecule has 1 amide bonds. The molecule has 0 unspecified atom stereocenters. The normalized spacial score (nSPS) is 10.7. The van der Waals surface area contributed by atoms with E-state index in [0.29, 0.717) is 33.7 Å². The third kappa shape index (κ3) is 3.70. The van der Waals surface area contributed by atoms with Gasteiger partial charge in [-0.15, -0.1) is 0 Å². The van der Waals surface area contributed by atoms with Gasteiger partial charge in [0.1, 0.15) is 5.15 Å². The van der Waals surface area contributed by atoms with Gasteiger partial charge in [-0.1, -0.05) is 59.6 Å². The summed E-state index contributed by atoms with van der Waals surface area (Å²) in [5.74, 6) is -0.299. The van der Waals surface area contributed by atoms with Gasteiger partial charge in [-0.3, -0.25) is 4.79 Å². The van der Waals surface area contributed by atoms with Crippen molar-refractivity contribution in [3.63, 3.8) is 0 Å². The highest BCUT2D eigenvalue weighted by molar-refractivity contribution is 6.34. The standard InChI is InChI=1S/C19H17Cl2N3O/c1-12-15(20)9-6-10-16(12)22-19(25)17-13(2)23-24(18(17)21)11-14-7-4-3-5-8-14/h3-10H,11H2,1-2H3,(H,22,25). The van der Waals surface area contributed by atoms with Gasteiger partial charge in [-0.2, -0.15) is 5.10 Å². The molecule has 0 atom stereocenters. The van der Waals surface area contributed by atoms with Crippen molar-refractivity contribution < 1.29 is 4.79 Å². The average Bonchev–Trinajstić information content (AvgIpc) is 2.86. The van der Waals surface area contributed by atoms with Crippen molar-refractivity contribution in [3.8, 4) is 0 Å². The maximum Gasteiger partial charge on any atom is 0.260 e. The van der Waals surface area contributed by atoms with Gasteiger partial charge in [-0.05, 0) is 37.1 Å². The number of aromatic nitrogens is 2. The summed E-state index contributed by atoms with van der Waals surface area (Å²) < 4.78 is 1.63. The number of benzene rings is 2. The van der Waals surface area contributed by atoms with Crippen LogP contribution < -0.4 is 5.32 Å². The molecule has 4 nitrogen and oxygen atoms in total. The summed E-state index contributed by atoms with van der Waals surface area (Å²) in [5.41, 5.74) is 3.48. The number of halogens is 2. The number of rotatable bonds is 4. The van der Waals surface area contributed by atoms with Crippen LogP contribution in [0.4, 0.5) is 5.69 Å². The quantitative estimate of drug-likeness (QED) is 0.690. The van der Waals surface area contributed by atoms with Crippen molar-refractivity contribution in [2.45, 2.75) is 20.4 Å². The van der Waals surface area contributed by atoms with E-state index in [0.717, 1.165) is 11.1 Å². The minimum absolute atomic E-state index is 0.299. The van der Waals surface area contributed by atoms with E-state index in [1.165, 1.54) is 0 Å². The molecular formula is C19H17Cl2N3O. The monoisotopic (exact) mass is 373 g/mol. The fourth-order valence-corrected chi connectivity index (χ4v) is 3.09. The second-order valence-corrected chi connectivity index (χ2v) is 6.53. The summed E-state index contributed by atoms with van der Waals surface area (Å²) in [5, 5.41) is 8.19. The molecule has 0 saturated heterocycles. The Kier molecular flexibility index (Phi) is 5.11. The van der Waals surface area contributed by atoms with E-state index in [4.69, 9.17) is 23.2 Å². The van der Waals surface area contributed by atoms with E-state index in [-0.39, 0.29) is 5.91 Å². The lowest BCUT2D eigenvalue weighted by Gasteiger charge is -2.09. The number of carbonyl (C=O) groups is 1. The average molecular weight is 374 g/mol. The van der Waals surface area contributed by atoms with Crippen LogP contribution in [-0.2, 0) is 6.54 Å². The lowest BCUT2D eigenvalue weighted by Crippen LogP contribution is -2.14. The zero-order valence-electron chi connectivity index (χ0n) is 13.9. The molecule has 0 aliphatic heterocycles. The summed E-state index contributed by atoms with van der Waals surface area (Å²) in [6.07, 6.45) is 0. The van der Waals surface area contributed by atoms with Crippen LogP contribution >= 0.6 is 23.2 Å². The van der Waals surface area contributed by atoms with Gasteiger partial charge in [0.05, 0.1) is 17.8 Å². The Balaban J connectivity index is 1.87. The van der Waals surface area contributed by atoms with Crippen LogP contribution in [-0.4, -0.2) is 15.7 Å². The number of anilines is 1. The summed E-state index contributed by atoms with van der Waals surface area (Å²) in [4.78, 5) is 12.7. The first-order valence-corrected chi connectivity index (χ1v) is 8.56. The topological polar surface area (TPSA) is 46.9 Å². The number of amides is 1. The Labute approximate surface area is 156 Å². The molecule has 0 saturated carbocycles. The molecule has 1 N–H and O–H groups in total. The number of hydrogen-bond donors (Lipinski definition) is 1. The third-order valence-electron chi connectivity index (χ3n) is 3.98. The SMILES string of the molecule is Cc1nn(Cc2ccccc2)c(Cl)c1C(=O)Nc1cccc(Cl)c1C. The van der Waals surface area contributed by atoms with Crippen molar-refractivity contribution in [2.24, 2.45) is 0 Å². The molecule has 0 bridgehead atoms. The Morgan fingerprint density at radius 1 is 1.08 bits per heavy atom. The van der Waals surface area contributed by atoms with Gasteiger partial charge in [0, 0.05) is 10.7 Å². The number of aryl methyl sites for hydroxylation is 1. The Morgan fingerprint density at radius 3 is 2.52 bits per heavy atom. The lowest BCUT2D eigenvalue weighted by atomic mass is 10.2. The van der Waals surface area contributed by atoms with Crippen molar-refractivity contribution >= 4 is 34.8 Å². The predicted molar refractivity (Wildman–Crippen MR) is 102 cm³/mol. The first-order chi connectivity index (χ1) is 12.0. The zero-order chi connectivity index (χ0) is 18.0. The molecule has 0 radical (unpaired) electrons. The van der Waals surface area contributed by atoms with E-state index in [9.17, 15) is 4.79 Å². The van der Waals surface area contributed by atoms with Crippen molar-refractivity contribution in [2.75, 3.05) is 5.32 Å². The van der Waals surface area contributed by atoms with Gasteiger partial charge < -0.3 is 5.32 Å². The van der Waals surface area contributed by atoms with Gasteiger partial charge in [0.2, 0.25) is 0 Å². The van der Waals surface area contributed by atoms with E-state index in [1.807, 2.05) is 37.3 Å². The molecule has 2 aromatic carbocycles. The highest BCUT2D eigenvalue weighted by atomic mass is 35.5. The van der Waals surface area contributed by atoms with Crippen molar-refractivity contribution in [1.29, 1.82) is 0 Å². The molecule has 0 fully saturated rings. The predicted octanol–water partition coefficient (Wildman–Crippen LogP) is 5.11. The van der Waals surface area contributed by atoms with Crippen LogP contribution in [0, 0.1) is 13.8 Å². The Bertz CT molecular complexity index is 920. The molecule has 3 aromatic rings. The van der Waals surface area contributed by atoms with Crippen LogP contribution in [0.2, 0.25) is 10.2 Å². The number of carbonyl (C=O) groups excluding carboxylic acids is 1. The van der Waals surface area contributed by atoms with Crippen LogP contribution in [0.15, 0.2) is 48.5 Å². The molecule has 3 rings (SSSR count). The van der Waals surface area contributed by atoms with Crippen LogP contribution in [0.1, 0.15) is 27.2 Å². The molecule has 25 heavy (non-hydrogen) atoms. The molecule has 1 heterocycles. The van der Waals surface area contributed by atoms with Gasteiger partial charge in [0.25, 0.3) is 5.91 Å². The first kappa shape index (κ1) is 17.5. The van der Waals surface area contributed by atoms with Gasteiger partial charge in [-0.25, -0.2) is 4.68 Å². The molecule has 1 aromatic heterocycles. The van der Waals surface area contributed by atoms with E-state index >= 15 is 0 Å². The second-order valence-electron chi connectivity index (χ2n) is 5.76. The highest BCUT2D eigenvalue weighted by Crippen LogP contribution is 2.26. The van der Waals surface area contributed by atoms with E-state index in [2.05, 4.69) is 10.4 Å². The summed E-state index contributed by atoms with van der Waals surface area (Å²) >= 11 is 12.5. The lowest BCUT2D eigenvalue weighted by molar-refractivity contribution is 0.102. The summed E-state index contributed by atoms with van der Waals surface area (Å²) in [7, 11) is 0. The second kappa shape index (κ2) is 7.30. The number of hydrogen-bond acceptors (Lipinski definition) is 2. The van der Waals surface area contributed by atoms with Gasteiger partial charge in [0.15, 0.2) is 0 Å². The fraction of sp³-hybridized carbons (Fsp3) is 0.158. The van der Waals surface area contributed by atoms with Crippen LogP contribution in [0.5, 0.6) is 0 Å².